The Bertz CT molecular complexity index is 1180. The summed E-state index contributed by atoms with van der Waals surface area (Å²) in [5, 5.41) is 22.2. The van der Waals surface area contributed by atoms with E-state index in [-0.39, 0.29) is 5.92 Å². The second-order valence-corrected chi connectivity index (χ2v) is 9.99. The molecule has 0 spiro atoms. The zero-order chi connectivity index (χ0) is 24.0. The van der Waals surface area contributed by atoms with E-state index >= 15 is 0 Å². The highest BCUT2D eigenvalue weighted by Gasteiger charge is 2.44. The molecule has 1 fully saturated rings. The van der Waals surface area contributed by atoms with E-state index in [9.17, 15) is 5.11 Å². The number of nitrogens with zero attached hydrogens (tertiary/aromatic N) is 6. The number of aromatic nitrogens is 5. The molecule has 4 heterocycles. The molecule has 3 aromatic heterocycles. The van der Waals surface area contributed by atoms with Crippen molar-refractivity contribution in [2.75, 3.05) is 36.4 Å². The summed E-state index contributed by atoms with van der Waals surface area (Å²) in [5.74, 6) is 1.47. The van der Waals surface area contributed by atoms with E-state index in [2.05, 4.69) is 52.3 Å². The number of hydrogen-bond acceptors (Lipinski definition) is 8. The van der Waals surface area contributed by atoms with Crippen molar-refractivity contribution in [2.24, 2.45) is 7.05 Å². The maximum Gasteiger partial charge on any atom is 0.228 e. The molecule has 5 rings (SSSR count). The van der Waals surface area contributed by atoms with Crippen molar-refractivity contribution in [3.63, 3.8) is 0 Å². The van der Waals surface area contributed by atoms with Crippen molar-refractivity contribution in [1.29, 1.82) is 0 Å². The molecule has 34 heavy (non-hydrogen) atoms. The lowest BCUT2D eigenvalue weighted by Crippen LogP contribution is -2.43. The number of fused-ring (bicyclic) bond motifs is 3. The zero-order valence-electron chi connectivity index (χ0n) is 20.6. The van der Waals surface area contributed by atoms with Crippen molar-refractivity contribution < 1.29 is 5.11 Å². The highest BCUT2D eigenvalue weighted by Crippen LogP contribution is 2.46. The average Bonchev–Trinajstić information content (AvgIpc) is 3.19. The van der Waals surface area contributed by atoms with Crippen LogP contribution in [0.25, 0.3) is 11.3 Å². The molecule has 3 N–H and O–H groups in total. The van der Waals surface area contributed by atoms with E-state index < -0.39 is 11.5 Å². The first-order chi connectivity index (χ1) is 16.3. The van der Waals surface area contributed by atoms with Crippen LogP contribution in [0.2, 0.25) is 0 Å². The van der Waals surface area contributed by atoms with E-state index in [0.717, 1.165) is 60.1 Å². The van der Waals surface area contributed by atoms with E-state index in [4.69, 9.17) is 10.1 Å². The van der Waals surface area contributed by atoms with Crippen molar-refractivity contribution in [2.45, 2.75) is 51.6 Å². The monoisotopic (exact) mass is 462 g/mol. The van der Waals surface area contributed by atoms with Gasteiger partial charge in [-0.2, -0.15) is 5.10 Å². The topological polar surface area (TPSA) is 104 Å². The lowest BCUT2D eigenvalue weighted by molar-refractivity contribution is 0.103. The number of aliphatic hydroxyl groups excluding tert-OH is 1. The lowest BCUT2D eigenvalue weighted by Gasteiger charge is -2.36. The first kappa shape index (κ1) is 22.7. The summed E-state index contributed by atoms with van der Waals surface area (Å²) in [6.45, 7) is 12.2. The second-order valence-electron chi connectivity index (χ2n) is 9.99. The molecule has 1 aliphatic heterocycles. The third-order valence-corrected chi connectivity index (χ3v) is 7.23. The molecule has 2 unspecified atom stereocenters. The minimum absolute atomic E-state index is 0.260. The van der Waals surface area contributed by atoms with Gasteiger partial charge < -0.3 is 20.6 Å². The molecule has 1 saturated heterocycles. The highest BCUT2D eigenvalue weighted by atomic mass is 16.3. The SMILES string of the molecule is CC(C)c1c2c(nn1C)C(C)(C(C)O)Cc1cnc(Nc3ccc(N4CCNCC4)cn3)nc1-2. The Labute approximate surface area is 200 Å². The third kappa shape index (κ3) is 3.82. The number of piperazine rings is 1. The van der Waals surface area contributed by atoms with Gasteiger partial charge in [0, 0.05) is 50.4 Å². The molecule has 9 heteroatoms. The second kappa shape index (κ2) is 8.63. The summed E-state index contributed by atoms with van der Waals surface area (Å²) in [4.78, 5) is 16.4. The third-order valence-electron chi connectivity index (χ3n) is 7.23. The Hall–Kier alpha value is -3.04. The van der Waals surface area contributed by atoms with Crippen LogP contribution in [0, 0.1) is 0 Å². The molecule has 180 valence electrons. The van der Waals surface area contributed by atoms with Crippen LogP contribution in [0.3, 0.4) is 0 Å². The first-order valence-electron chi connectivity index (χ1n) is 12.1. The largest absolute Gasteiger partial charge is 0.392 e. The van der Waals surface area contributed by atoms with Gasteiger partial charge in [-0.1, -0.05) is 20.8 Å². The van der Waals surface area contributed by atoms with Crippen LogP contribution in [-0.4, -0.2) is 62.1 Å². The van der Waals surface area contributed by atoms with Gasteiger partial charge in [0.05, 0.1) is 35.1 Å². The summed E-state index contributed by atoms with van der Waals surface area (Å²) in [6, 6.07) is 4.06. The molecule has 0 aromatic carbocycles. The van der Waals surface area contributed by atoms with Gasteiger partial charge in [0.1, 0.15) is 5.82 Å². The Morgan fingerprint density at radius 2 is 1.88 bits per heavy atom. The number of aryl methyl sites for hydroxylation is 1. The molecule has 0 amide bonds. The number of anilines is 3. The molecule has 2 atom stereocenters. The van der Waals surface area contributed by atoms with Gasteiger partial charge >= 0.3 is 0 Å². The van der Waals surface area contributed by atoms with Gasteiger partial charge in [-0.25, -0.2) is 15.0 Å². The van der Waals surface area contributed by atoms with Crippen molar-refractivity contribution >= 4 is 17.5 Å². The van der Waals surface area contributed by atoms with Crippen LogP contribution < -0.4 is 15.5 Å². The molecule has 0 bridgehead atoms. The molecule has 3 aromatic rings. The molecule has 9 nitrogen and oxygen atoms in total. The number of pyridine rings is 1. The summed E-state index contributed by atoms with van der Waals surface area (Å²) < 4.78 is 1.94. The molecule has 2 aliphatic rings. The van der Waals surface area contributed by atoms with Gasteiger partial charge in [0.25, 0.3) is 0 Å². The lowest BCUT2D eigenvalue weighted by atomic mass is 9.70. The molecule has 1 aliphatic carbocycles. The number of hydrogen-bond donors (Lipinski definition) is 3. The summed E-state index contributed by atoms with van der Waals surface area (Å²) >= 11 is 0. The van der Waals surface area contributed by atoms with E-state index in [1.54, 1.807) is 0 Å². The maximum absolute atomic E-state index is 10.7. The van der Waals surface area contributed by atoms with E-state index in [0.29, 0.717) is 18.2 Å². The van der Waals surface area contributed by atoms with Gasteiger partial charge in [-0.05, 0) is 37.0 Å². The molecular formula is C25H34N8O. The van der Waals surface area contributed by atoms with Crippen molar-refractivity contribution in [3.8, 4) is 11.3 Å². The molecule has 0 saturated carbocycles. The van der Waals surface area contributed by atoms with E-state index in [1.807, 2.05) is 37.1 Å². The number of nitrogens with one attached hydrogen (secondary N) is 2. The summed E-state index contributed by atoms with van der Waals surface area (Å²) in [5.41, 5.74) is 5.59. The van der Waals surface area contributed by atoms with Crippen LogP contribution in [0.1, 0.15) is 50.6 Å². The standard InChI is InChI=1S/C25H34N8O/c1-15(2)22-20-21-17(12-25(4,16(3)34)23(20)31-32(22)5)13-28-24(30-21)29-19-7-6-18(14-27-19)33-10-8-26-9-11-33/h6-7,13-16,26,34H,8-12H2,1-5H3,(H,27,28,29,30). The fourth-order valence-electron chi connectivity index (χ4n) is 5.15. The maximum atomic E-state index is 10.7. The van der Waals surface area contributed by atoms with Crippen LogP contribution in [0.15, 0.2) is 24.5 Å². The smallest absolute Gasteiger partial charge is 0.228 e. The van der Waals surface area contributed by atoms with Crippen molar-refractivity contribution in [1.82, 2.24) is 30.0 Å². The normalized spacial score (nSPS) is 20.7. The molecule has 0 radical (unpaired) electrons. The molecular weight excluding hydrogens is 428 g/mol. The average molecular weight is 463 g/mol. The summed E-state index contributed by atoms with van der Waals surface area (Å²) in [7, 11) is 1.97. The Balaban J connectivity index is 1.49. The Morgan fingerprint density at radius 1 is 1.12 bits per heavy atom. The zero-order valence-corrected chi connectivity index (χ0v) is 20.6. The van der Waals surface area contributed by atoms with Gasteiger partial charge in [0.15, 0.2) is 0 Å². The van der Waals surface area contributed by atoms with Crippen LogP contribution in [-0.2, 0) is 18.9 Å². The Morgan fingerprint density at radius 3 is 2.53 bits per heavy atom. The Kier molecular flexibility index (Phi) is 5.77. The minimum atomic E-state index is -0.550. The fraction of sp³-hybridized carbons (Fsp3) is 0.520. The summed E-state index contributed by atoms with van der Waals surface area (Å²) in [6.07, 6.45) is 3.86. The highest BCUT2D eigenvalue weighted by molar-refractivity contribution is 5.74. The minimum Gasteiger partial charge on any atom is -0.392 e. The quantitative estimate of drug-likeness (QED) is 0.532. The van der Waals surface area contributed by atoms with Crippen LogP contribution in [0.4, 0.5) is 17.5 Å². The predicted molar refractivity (Wildman–Crippen MR) is 134 cm³/mol. The number of rotatable bonds is 5. The number of aliphatic hydroxyl groups is 1. The van der Waals surface area contributed by atoms with Gasteiger partial charge in [-0.15, -0.1) is 0 Å². The van der Waals surface area contributed by atoms with Gasteiger partial charge in [-0.3, -0.25) is 4.68 Å². The van der Waals surface area contributed by atoms with Crippen molar-refractivity contribution in [3.05, 3.63) is 41.5 Å². The first-order valence-corrected chi connectivity index (χ1v) is 12.1. The van der Waals surface area contributed by atoms with E-state index in [1.165, 1.54) is 0 Å². The van der Waals surface area contributed by atoms with Crippen LogP contribution in [0.5, 0.6) is 0 Å². The predicted octanol–water partition coefficient (Wildman–Crippen LogP) is 2.74. The van der Waals surface area contributed by atoms with Crippen LogP contribution >= 0.6 is 0 Å². The van der Waals surface area contributed by atoms with Gasteiger partial charge in [0.2, 0.25) is 5.95 Å². The fourth-order valence-corrected chi connectivity index (χ4v) is 5.15.